The lowest BCUT2D eigenvalue weighted by Crippen LogP contribution is -2.50. The molecule has 0 saturated carbocycles. The molecular formula is C20H23N3O3S. The predicted molar refractivity (Wildman–Crippen MR) is 105 cm³/mol. The molecule has 0 bridgehead atoms. The number of aryl methyl sites for hydroxylation is 2. The molecule has 0 aliphatic carbocycles. The van der Waals surface area contributed by atoms with Crippen LogP contribution in [0.25, 0.3) is 6.08 Å². The Bertz CT molecular complexity index is 948. The number of hydrogen-bond acceptors (Lipinski definition) is 4. The van der Waals surface area contributed by atoms with E-state index in [0.717, 1.165) is 16.7 Å². The minimum absolute atomic E-state index is 0.123. The van der Waals surface area contributed by atoms with Crippen LogP contribution in [0.15, 0.2) is 53.7 Å². The topological polar surface area (TPSA) is 70.6 Å². The molecule has 1 aromatic heterocycles. The molecule has 1 aliphatic heterocycles. The predicted octanol–water partition coefficient (Wildman–Crippen LogP) is 2.24. The lowest BCUT2D eigenvalue weighted by molar-refractivity contribution is -0.127. The molecule has 3 rings (SSSR count). The van der Waals surface area contributed by atoms with E-state index in [-0.39, 0.29) is 5.91 Å². The van der Waals surface area contributed by atoms with Crippen LogP contribution in [0.4, 0.5) is 0 Å². The van der Waals surface area contributed by atoms with Gasteiger partial charge in [-0.05, 0) is 43.2 Å². The molecule has 6 nitrogen and oxygen atoms in total. The van der Waals surface area contributed by atoms with Crippen LogP contribution in [0, 0.1) is 13.8 Å². The molecule has 27 heavy (non-hydrogen) atoms. The number of hydrogen-bond donors (Lipinski definition) is 0. The standard InChI is InChI=1S/C20H23N3O3S/c1-16-5-7-19(17(2)14-16)27(25,26)23-12-10-22(11-13-23)20(24)8-6-18-4-3-9-21-15-18/h3-9,14-15H,10-13H2,1-2H3/b8-6+. The molecule has 2 heterocycles. The van der Waals surface area contributed by atoms with E-state index in [2.05, 4.69) is 4.98 Å². The van der Waals surface area contributed by atoms with Crippen LogP contribution < -0.4 is 0 Å². The minimum Gasteiger partial charge on any atom is -0.337 e. The van der Waals surface area contributed by atoms with E-state index in [1.165, 1.54) is 10.4 Å². The van der Waals surface area contributed by atoms with Crippen molar-refractivity contribution in [1.29, 1.82) is 0 Å². The van der Waals surface area contributed by atoms with E-state index in [4.69, 9.17) is 0 Å². The largest absolute Gasteiger partial charge is 0.337 e. The van der Waals surface area contributed by atoms with E-state index in [1.807, 2.05) is 32.0 Å². The summed E-state index contributed by atoms with van der Waals surface area (Å²) in [6.07, 6.45) is 6.58. The number of nitrogens with zero attached hydrogens (tertiary/aromatic N) is 3. The number of piperazine rings is 1. The third-order valence-electron chi connectivity index (χ3n) is 4.60. The van der Waals surface area contributed by atoms with Gasteiger partial charge < -0.3 is 4.90 Å². The van der Waals surface area contributed by atoms with Crippen molar-refractivity contribution in [2.75, 3.05) is 26.2 Å². The maximum atomic E-state index is 12.9. The first-order chi connectivity index (χ1) is 12.9. The zero-order valence-corrected chi connectivity index (χ0v) is 16.3. The van der Waals surface area contributed by atoms with Crippen molar-refractivity contribution in [2.45, 2.75) is 18.7 Å². The van der Waals surface area contributed by atoms with Crippen molar-refractivity contribution in [3.05, 3.63) is 65.5 Å². The van der Waals surface area contributed by atoms with Gasteiger partial charge in [-0.2, -0.15) is 4.31 Å². The van der Waals surface area contributed by atoms with Crippen LogP contribution in [-0.4, -0.2) is 54.7 Å². The van der Waals surface area contributed by atoms with Crippen LogP contribution in [0.3, 0.4) is 0 Å². The fourth-order valence-corrected chi connectivity index (χ4v) is 4.75. The highest BCUT2D eigenvalue weighted by Gasteiger charge is 2.30. The van der Waals surface area contributed by atoms with E-state index >= 15 is 0 Å². The van der Waals surface area contributed by atoms with Crippen LogP contribution in [-0.2, 0) is 14.8 Å². The molecule has 2 aromatic rings. The van der Waals surface area contributed by atoms with Gasteiger partial charge in [0.05, 0.1) is 4.90 Å². The average molecular weight is 385 g/mol. The summed E-state index contributed by atoms with van der Waals surface area (Å²) in [6, 6.07) is 9.01. The molecule has 1 aromatic carbocycles. The number of aromatic nitrogens is 1. The Hall–Kier alpha value is -2.51. The summed E-state index contributed by atoms with van der Waals surface area (Å²) in [4.78, 5) is 18.3. The van der Waals surface area contributed by atoms with Gasteiger partial charge in [-0.3, -0.25) is 9.78 Å². The van der Waals surface area contributed by atoms with Gasteiger partial charge in [0.1, 0.15) is 0 Å². The molecule has 7 heteroatoms. The number of rotatable bonds is 4. The molecular weight excluding hydrogens is 362 g/mol. The third kappa shape index (κ3) is 4.43. The summed E-state index contributed by atoms with van der Waals surface area (Å²) >= 11 is 0. The van der Waals surface area contributed by atoms with E-state index in [9.17, 15) is 13.2 Å². The van der Waals surface area contributed by atoms with Gasteiger partial charge in [-0.15, -0.1) is 0 Å². The van der Waals surface area contributed by atoms with Gasteiger partial charge in [0.15, 0.2) is 0 Å². The number of carbonyl (C=O) groups is 1. The van der Waals surface area contributed by atoms with Gasteiger partial charge in [0.25, 0.3) is 0 Å². The third-order valence-corrected chi connectivity index (χ3v) is 6.66. The molecule has 1 amide bonds. The first-order valence-electron chi connectivity index (χ1n) is 8.82. The Kier molecular flexibility index (Phi) is 5.72. The zero-order valence-electron chi connectivity index (χ0n) is 15.5. The summed E-state index contributed by atoms with van der Waals surface area (Å²) in [5.74, 6) is -0.123. The van der Waals surface area contributed by atoms with E-state index in [1.54, 1.807) is 35.5 Å². The second-order valence-corrected chi connectivity index (χ2v) is 8.52. The smallest absolute Gasteiger partial charge is 0.246 e. The number of sulfonamides is 1. The average Bonchev–Trinajstić information content (AvgIpc) is 2.66. The molecule has 1 aliphatic rings. The van der Waals surface area contributed by atoms with Gasteiger partial charge in [-0.1, -0.05) is 23.8 Å². The van der Waals surface area contributed by atoms with Gasteiger partial charge >= 0.3 is 0 Å². The highest BCUT2D eigenvalue weighted by atomic mass is 32.2. The van der Waals surface area contributed by atoms with E-state index in [0.29, 0.717) is 31.1 Å². The molecule has 1 saturated heterocycles. The summed E-state index contributed by atoms with van der Waals surface area (Å²) in [5.41, 5.74) is 2.62. The van der Waals surface area contributed by atoms with Gasteiger partial charge in [0.2, 0.25) is 15.9 Å². The van der Waals surface area contributed by atoms with Crippen molar-refractivity contribution >= 4 is 22.0 Å². The fraction of sp³-hybridized carbons (Fsp3) is 0.300. The molecule has 0 atom stereocenters. The monoisotopic (exact) mass is 385 g/mol. The maximum Gasteiger partial charge on any atom is 0.246 e. The molecule has 0 spiro atoms. The summed E-state index contributed by atoms with van der Waals surface area (Å²) in [7, 11) is -3.54. The Morgan fingerprint density at radius 1 is 1.11 bits per heavy atom. The molecule has 0 unspecified atom stereocenters. The van der Waals surface area contributed by atoms with Crippen LogP contribution in [0.5, 0.6) is 0 Å². The summed E-state index contributed by atoms with van der Waals surface area (Å²) in [5, 5.41) is 0. The second-order valence-electron chi connectivity index (χ2n) is 6.62. The van der Waals surface area contributed by atoms with Crippen molar-refractivity contribution in [3.63, 3.8) is 0 Å². The normalized spacial score (nSPS) is 16.0. The van der Waals surface area contributed by atoms with Crippen molar-refractivity contribution in [1.82, 2.24) is 14.2 Å². The highest BCUT2D eigenvalue weighted by Crippen LogP contribution is 2.22. The minimum atomic E-state index is -3.54. The lowest BCUT2D eigenvalue weighted by atomic mass is 10.2. The summed E-state index contributed by atoms with van der Waals surface area (Å²) in [6.45, 7) is 5.08. The fourth-order valence-electron chi connectivity index (χ4n) is 3.12. The molecule has 0 radical (unpaired) electrons. The Balaban J connectivity index is 1.64. The Morgan fingerprint density at radius 2 is 1.85 bits per heavy atom. The van der Waals surface area contributed by atoms with Crippen LogP contribution in [0.2, 0.25) is 0 Å². The van der Waals surface area contributed by atoms with Gasteiger partial charge in [0, 0.05) is 44.6 Å². The zero-order chi connectivity index (χ0) is 19.4. The van der Waals surface area contributed by atoms with E-state index < -0.39 is 10.0 Å². The maximum absolute atomic E-state index is 12.9. The Morgan fingerprint density at radius 3 is 2.48 bits per heavy atom. The quantitative estimate of drug-likeness (QED) is 0.757. The summed E-state index contributed by atoms with van der Waals surface area (Å²) < 4.78 is 27.3. The van der Waals surface area contributed by atoms with Crippen molar-refractivity contribution in [3.8, 4) is 0 Å². The van der Waals surface area contributed by atoms with Crippen molar-refractivity contribution in [2.24, 2.45) is 0 Å². The first-order valence-corrected chi connectivity index (χ1v) is 10.3. The molecule has 0 N–H and O–H groups in total. The second kappa shape index (κ2) is 8.02. The Labute approximate surface area is 160 Å². The first kappa shape index (κ1) is 19.3. The number of benzene rings is 1. The highest BCUT2D eigenvalue weighted by molar-refractivity contribution is 7.89. The lowest BCUT2D eigenvalue weighted by Gasteiger charge is -2.33. The molecule has 142 valence electrons. The van der Waals surface area contributed by atoms with Gasteiger partial charge in [-0.25, -0.2) is 8.42 Å². The van der Waals surface area contributed by atoms with Crippen LogP contribution >= 0.6 is 0 Å². The SMILES string of the molecule is Cc1ccc(S(=O)(=O)N2CCN(C(=O)/C=C/c3cccnc3)CC2)c(C)c1. The van der Waals surface area contributed by atoms with Crippen molar-refractivity contribution < 1.29 is 13.2 Å². The number of carbonyl (C=O) groups excluding carboxylic acids is 1. The number of amides is 1. The molecule has 1 fully saturated rings. The van der Waals surface area contributed by atoms with Crippen LogP contribution in [0.1, 0.15) is 16.7 Å². The number of pyridine rings is 1.